The third-order valence-electron chi connectivity index (χ3n) is 3.27. The van der Waals surface area contributed by atoms with Gasteiger partial charge in [-0.05, 0) is 30.7 Å². The molecule has 1 amide bonds. The predicted molar refractivity (Wildman–Crippen MR) is 85.3 cm³/mol. The molecule has 0 unspecified atom stereocenters. The van der Waals surface area contributed by atoms with E-state index in [0.717, 1.165) is 28.9 Å². The Balaban J connectivity index is 2.16. The molecule has 0 N–H and O–H groups in total. The minimum Gasteiger partial charge on any atom is -0.497 e. The summed E-state index contributed by atoms with van der Waals surface area (Å²) < 4.78 is 13.5. The number of thiazole rings is 1. The minimum absolute atomic E-state index is 0.248. The summed E-state index contributed by atoms with van der Waals surface area (Å²) in [6.07, 6.45) is 2.42. The first-order valence-corrected chi connectivity index (χ1v) is 7.84. The number of carbonyl (C=O) groups excluding carboxylic acids is 1. The predicted octanol–water partition coefficient (Wildman–Crippen LogP) is 3.46. The van der Waals surface area contributed by atoms with E-state index in [2.05, 4.69) is 11.9 Å². The number of amides is 1. The quantitative estimate of drug-likeness (QED) is 0.740. The van der Waals surface area contributed by atoms with Crippen LogP contribution in [0.15, 0.2) is 46.0 Å². The second kappa shape index (κ2) is 6.19. The Bertz CT molecular complexity index is 859. The molecule has 3 aromatic rings. The molecule has 0 aliphatic rings. The van der Waals surface area contributed by atoms with Gasteiger partial charge >= 0.3 is 5.91 Å². The van der Waals surface area contributed by atoms with Crippen LogP contribution in [0.25, 0.3) is 10.2 Å². The highest BCUT2D eigenvalue weighted by atomic mass is 32.1. The highest BCUT2D eigenvalue weighted by Gasteiger charge is 2.11. The topological polar surface area (TPSA) is 56.7 Å². The Morgan fingerprint density at radius 3 is 2.95 bits per heavy atom. The Labute approximate surface area is 131 Å². The van der Waals surface area contributed by atoms with E-state index in [0.29, 0.717) is 4.80 Å². The van der Waals surface area contributed by atoms with Gasteiger partial charge in [0, 0.05) is 12.6 Å². The molecule has 0 aliphatic heterocycles. The molecule has 0 fully saturated rings. The normalized spacial score (nSPS) is 12.0. The third-order valence-corrected chi connectivity index (χ3v) is 4.32. The molecule has 0 bridgehead atoms. The molecule has 0 radical (unpaired) electrons. The van der Waals surface area contributed by atoms with E-state index in [4.69, 9.17) is 9.15 Å². The molecule has 0 atom stereocenters. The standard InChI is InChI=1S/C16H16N2O3S/c1-3-8-18-12-10-11(20-2)6-7-14(12)22-16(18)17-15(19)13-5-4-9-21-13/h4-7,9-10H,3,8H2,1-2H3. The van der Waals surface area contributed by atoms with Gasteiger partial charge in [-0.2, -0.15) is 4.99 Å². The highest BCUT2D eigenvalue weighted by molar-refractivity contribution is 7.16. The van der Waals surface area contributed by atoms with Crippen molar-refractivity contribution in [2.75, 3.05) is 7.11 Å². The summed E-state index contributed by atoms with van der Waals surface area (Å²) in [5.41, 5.74) is 1.03. The largest absolute Gasteiger partial charge is 0.497 e. The van der Waals surface area contributed by atoms with E-state index in [1.807, 2.05) is 22.8 Å². The number of aryl methyl sites for hydroxylation is 1. The van der Waals surface area contributed by atoms with Crippen molar-refractivity contribution < 1.29 is 13.9 Å². The first kappa shape index (κ1) is 14.6. The Morgan fingerprint density at radius 2 is 2.27 bits per heavy atom. The van der Waals surface area contributed by atoms with Crippen LogP contribution in [0, 0.1) is 0 Å². The molecule has 3 rings (SSSR count). The van der Waals surface area contributed by atoms with Crippen LogP contribution in [-0.2, 0) is 6.54 Å². The van der Waals surface area contributed by atoms with Gasteiger partial charge in [-0.1, -0.05) is 18.3 Å². The molecular formula is C16H16N2O3S. The van der Waals surface area contributed by atoms with Gasteiger partial charge in [0.15, 0.2) is 10.6 Å². The van der Waals surface area contributed by atoms with Gasteiger partial charge in [0.2, 0.25) is 0 Å². The molecule has 1 aromatic carbocycles. The summed E-state index contributed by atoms with van der Waals surface area (Å²) in [4.78, 5) is 17.0. The van der Waals surface area contributed by atoms with Crippen LogP contribution in [0.3, 0.4) is 0 Å². The van der Waals surface area contributed by atoms with Crippen LogP contribution >= 0.6 is 11.3 Å². The second-order valence-corrected chi connectivity index (χ2v) is 5.77. The molecule has 2 aromatic heterocycles. The molecule has 2 heterocycles. The van der Waals surface area contributed by atoms with Crippen molar-refractivity contribution in [3.05, 3.63) is 47.2 Å². The lowest BCUT2D eigenvalue weighted by atomic mass is 10.3. The monoisotopic (exact) mass is 316 g/mol. The lowest BCUT2D eigenvalue weighted by molar-refractivity contribution is 0.0971. The van der Waals surface area contributed by atoms with E-state index in [1.54, 1.807) is 19.2 Å². The SMILES string of the molecule is CCCn1c(=NC(=O)c2ccco2)sc2ccc(OC)cc21. The summed E-state index contributed by atoms with van der Waals surface area (Å²) in [6.45, 7) is 2.88. The minimum atomic E-state index is -0.367. The molecule has 0 saturated carbocycles. The summed E-state index contributed by atoms with van der Waals surface area (Å²) in [5, 5.41) is 0. The molecule has 22 heavy (non-hydrogen) atoms. The maximum Gasteiger partial charge on any atom is 0.315 e. The van der Waals surface area contributed by atoms with Crippen LogP contribution in [0.4, 0.5) is 0 Å². The summed E-state index contributed by atoms with van der Waals surface area (Å²) in [6, 6.07) is 9.16. The Kier molecular flexibility index (Phi) is 4.11. The van der Waals surface area contributed by atoms with Gasteiger partial charge < -0.3 is 13.7 Å². The second-order valence-electron chi connectivity index (χ2n) is 4.76. The molecule has 0 spiro atoms. The molecular weight excluding hydrogens is 300 g/mol. The van der Waals surface area contributed by atoms with Crippen LogP contribution in [-0.4, -0.2) is 17.6 Å². The number of aromatic nitrogens is 1. The van der Waals surface area contributed by atoms with Gasteiger partial charge in [0.05, 0.1) is 23.6 Å². The Hall–Kier alpha value is -2.34. The van der Waals surface area contributed by atoms with Crippen molar-refractivity contribution >= 4 is 27.5 Å². The number of rotatable bonds is 4. The maximum absolute atomic E-state index is 12.1. The first-order chi connectivity index (χ1) is 10.7. The van der Waals surface area contributed by atoms with Crippen LogP contribution < -0.4 is 9.54 Å². The fourth-order valence-electron chi connectivity index (χ4n) is 2.24. The third kappa shape index (κ3) is 2.69. The van der Waals surface area contributed by atoms with Crippen molar-refractivity contribution in [2.24, 2.45) is 4.99 Å². The number of furan rings is 1. The van der Waals surface area contributed by atoms with Gasteiger partial charge in [-0.3, -0.25) is 4.79 Å². The fraction of sp³-hybridized carbons (Fsp3) is 0.250. The van der Waals surface area contributed by atoms with E-state index >= 15 is 0 Å². The van der Waals surface area contributed by atoms with Gasteiger partial charge in [0.1, 0.15) is 5.75 Å². The number of methoxy groups -OCH3 is 1. The first-order valence-electron chi connectivity index (χ1n) is 7.03. The Morgan fingerprint density at radius 1 is 1.41 bits per heavy atom. The van der Waals surface area contributed by atoms with Crippen molar-refractivity contribution in [3.63, 3.8) is 0 Å². The van der Waals surface area contributed by atoms with Gasteiger partial charge in [-0.25, -0.2) is 0 Å². The number of hydrogen-bond donors (Lipinski definition) is 0. The zero-order valence-electron chi connectivity index (χ0n) is 12.4. The smallest absolute Gasteiger partial charge is 0.315 e. The van der Waals surface area contributed by atoms with Gasteiger partial charge in [0.25, 0.3) is 0 Å². The number of nitrogens with zero attached hydrogens (tertiary/aromatic N) is 2. The average molecular weight is 316 g/mol. The number of fused-ring (bicyclic) bond motifs is 1. The average Bonchev–Trinajstić information content (AvgIpc) is 3.16. The highest BCUT2D eigenvalue weighted by Crippen LogP contribution is 2.23. The lowest BCUT2D eigenvalue weighted by Crippen LogP contribution is -2.16. The fourth-order valence-corrected chi connectivity index (χ4v) is 3.28. The van der Waals surface area contributed by atoms with E-state index in [1.165, 1.54) is 17.6 Å². The summed E-state index contributed by atoms with van der Waals surface area (Å²) >= 11 is 1.49. The van der Waals surface area contributed by atoms with Crippen molar-refractivity contribution in [2.45, 2.75) is 19.9 Å². The van der Waals surface area contributed by atoms with Crippen LogP contribution in [0.1, 0.15) is 23.9 Å². The zero-order chi connectivity index (χ0) is 15.5. The molecule has 0 aliphatic carbocycles. The number of benzene rings is 1. The van der Waals surface area contributed by atoms with Gasteiger partial charge in [-0.15, -0.1) is 0 Å². The number of hydrogen-bond acceptors (Lipinski definition) is 4. The van der Waals surface area contributed by atoms with Crippen LogP contribution in [0.2, 0.25) is 0 Å². The lowest BCUT2D eigenvalue weighted by Gasteiger charge is -2.04. The van der Waals surface area contributed by atoms with Crippen molar-refractivity contribution in [1.82, 2.24) is 4.57 Å². The summed E-state index contributed by atoms with van der Waals surface area (Å²) in [7, 11) is 1.64. The van der Waals surface area contributed by atoms with Crippen molar-refractivity contribution in [1.29, 1.82) is 0 Å². The van der Waals surface area contributed by atoms with Crippen LogP contribution in [0.5, 0.6) is 5.75 Å². The van der Waals surface area contributed by atoms with Crippen molar-refractivity contribution in [3.8, 4) is 5.75 Å². The molecule has 114 valence electrons. The van der Waals surface area contributed by atoms with E-state index < -0.39 is 0 Å². The summed E-state index contributed by atoms with van der Waals surface area (Å²) in [5.74, 6) is 0.672. The molecule has 5 nitrogen and oxygen atoms in total. The molecule has 0 saturated heterocycles. The number of ether oxygens (including phenoxy) is 1. The zero-order valence-corrected chi connectivity index (χ0v) is 13.2. The maximum atomic E-state index is 12.1. The molecule has 6 heteroatoms. The van der Waals surface area contributed by atoms with E-state index in [9.17, 15) is 4.79 Å². The van der Waals surface area contributed by atoms with E-state index in [-0.39, 0.29) is 11.7 Å². The number of carbonyl (C=O) groups is 1.